The Balaban J connectivity index is -0.00000000381. The number of hydrogen-bond acceptors (Lipinski definition) is 0. The van der Waals surface area contributed by atoms with Crippen molar-refractivity contribution in [3.8, 4) is 0 Å². The fourth-order valence-corrected chi connectivity index (χ4v) is 0. The van der Waals surface area contributed by atoms with Crippen LogP contribution in [-0.2, 0) is 16.8 Å². The zero-order chi connectivity index (χ0) is 4.50. The molecule has 0 aromatic rings. The SMILES string of the molecule is F[B-](F)(F)F.O.O.O.O.O.O.[Co]. The van der Waals surface area contributed by atoms with Crippen molar-refractivity contribution in [1.29, 1.82) is 0 Å². The van der Waals surface area contributed by atoms with Crippen molar-refractivity contribution in [2.45, 2.75) is 0 Å². The molecule has 0 spiro atoms. The first-order valence-corrected chi connectivity index (χ1v) is 0.873. The summed E-state index contributed by atoms with van der Waals surface area (Å²) in [5, 5.41) is 0. The molecule has 0 heterocycles. The van der Waals surface area contributed by atoms with Gasteiger partial charge in [-0.3, -0.25) is 0 Å². The summed E-state index contributed by atoms with van der Waals surface area (Å²) in [6.07, 6.45) is 0. The first-order chi connectivity index (χ1) is 2.00. The van der Waals surface area contributed by atoms with E-state index in [1.165, 1.54) is 0 Å². The Kier molecular flexibility index (Phi) is 228. The Bertz CT molecular complexity index is 35.0. The molecule has 0 aromatic carbocycles. The van der Waals surface area contributed by atoms with Gasteiger partial charge in [-0.15, -0.1) is 0 Å². The minimum Gasteiger partial charge on any atom is -0.418 e. The van der Waals surface area contributed by atoms with Gasteiger partial charge in [0.25, 0.3) is 0 Å². The molecule has 0 rings (SSSR count). The van der Waals surface area contributed by atoms with E-state index in [2.05, 4.69) is 0 Å². The van der Waals surface area contributed by atoms with Crippen LogP contribution in [0.1, 0.15) is 0 Å². The third-order valence-corrected chi connectivity index (χ3v) is 0. The zero-order valence-electron chi connectivity index (χ0n) is 5.42. The van der Waals surface area contributed by atoms with Gasteiger partial charge in [-0.1, -0.05) is 0 Å². The molecule has 0 aliphatic heterocycles. The number of hydrogen-bond donors (Lipinski definition) is 0. The van der Waals surface area contributed by atoms with E-state index >= 15 is 0 Å². The Morgan fingerprint density at radius 2 is 0.500 bits per heavy atom. The summed E-state index contributed by atoms with van der Waals surface area (Å²) < 4.78 is 39.0. The molecule has 1 radical (unpaired) electrons. The van der Waals surface area contributed by atoms with Crippen molar-refractivity contribution in [1.82, 2.24) is 0 Å². The minimum atomic E-state index is -6.00. The standard InChI is InChI=1S/BF4.Co.6H2O/c2-1(3,4)5;;;;;;;/h;;6*1H2/q-1;;;;;;;. The van der Waals surface area contributed by atoms with Gasteiger partial charge in [0.05, 0.1) is 0 Å². The Morgan fingerprint density at radius 3 is 0.500 bits per heavy atom. The first kappa shape index (κ1) is 89.7. The quantitative estimate of drug-likeness (QED) is 0.304. The molecule has 0 aromatic heterocycles. The average molecular weight is 254 g/mol. The molecule has 0 aliphatic rings. The van der Waals surface area contributed by atoms with Crippen molar-refractivity contribution in [2.24, 2.45) is 0 Å². The second-order valence-corrected chi connectivity index (χ2v) is 0.495. The van der Waals surface area contributed by atoms with E-state index in [4.69, 9.17) is 0 Å². The zero-order valence-corrected chi connectivity index (χ0v) is 6.46. The fourth-order valence-electron chi connectivity index (χ4n) is 0. The van der Waals surface area contributed by atoms with Crippen molar-refractivity contribution in [3.63, 3.8) is 0 Å². The van der Waals surface area contributed by atoms with Crippen molar-refractivity contribution < 1.29 is 66.9 Å². The summed E-state index contributed by atoms with van der Waals surface area (Å²) in [7, 11) is -6.00. The monoisotopic (exact) mass is 254 g/mol. The predicted molar refractivity (Wildman–Crippen MR) is 31.9 cm³/mol. The van der Waals surface area contributed by atoms with Gasteiger partial charge in [-0.05, 0) is 0 Å². The summed E-state index contributed by atoms with van der Waals surface area (Å²) >= 11 is 0. The van der Waals surface area contributed by atoms with Crippen LogP contribution in [0.4, 0.5) is 17.3 Å². The molecular weight excluding hydrogens is 242 g/mol. The van der Waals surface area contributed by atoms with Crippen LogP contribution in [0.15, 0.2) is 0 Å². The van der Waals surface area contributed by atoms with E-state index in [0.29, 0.717) is 0 Å². The van der Waals surface area contributed by atoms with Crippen molar-refractivity contribution in [2.75, 3.05) is 0 Å². The molecule has 12 heteroatoms. The van der Waals surface area contributed by atoms with E-state index in [1.54, 1.807) is 0 Å². The molecule has 0 aliphatic carbocycles. The van der Waals surface area contributed by atoms with Gasteiger partial charge in [0.15, 0.2) is 0 Å². The molecule has 6 nitrogen and oxygen atoms in total. The van der Waals surface area contributed by atoms with Gasteiger partial charge in [-0.25, -0.2) is 0 Å². The van der Waals surface area contributed by atoms with Crippen LogP contribution in [0.3, 0.4) is 0 Å². The first-order valence-electron chi connectivity index (χ1n) is 0.873. The molecular formula is H12BCoF4O6-. The average Bonchev–Trinajstić information content (AvgIpc) is 0.722. The molecule has 12 N–H and O–H groups in total. The molecule has 0 atom stereocenters. The third kappa shape index (κ3) is 311000. The summed E-state index contributed by atoms with van der Waals surface area (Å²) in [5.41, 5.74) is 0. The largest absolute Gasteiger partial charge is 0.673 e. The Morgan fingerprint density at radius 1 is 0.500 bits per heavy atom. The molecule has 89 valence electrons. The van der Waals surface area contributed by atoms with Crippen LogP contribution in [0.2, 0.25) is 0 Å². The second kappa shape index (κ2) is 30.5. The van der Waals surface area contributed by atoms with Gasteiger partial charge in [0.1, 0.15) is 0 Å². The van der Waals surface area contributed by atoms with Gasteiger partial charge in [-0.2, -0.15) is 0 Å². The molecule has 0 amide bonds. The van der Waals surface area contributed by atoms with Crippen LogP contribution in [-0.4, -0.2) is 40.1 Å². The van der Waals surface area contributed by atoms with Crippen LogP contribution < -0.4 is 0 Å². The maximum Gasteiger partial charge on any atom is 0.673 e. The normalized spacial score (nSPS) is 5.00. The second-order valence-electron chi connectivity index (χ2n) is 0.495. The van der Waals surface area contributed by atoms with Crippen LogP contribution in [0, 0.1) is 0 Å². The van der Waals surface area contributed by atoms with Crippen molar-refractivity contribution in [3.05, 3.63) is 0 Å². The molecule has 0 bridgehead atoms. The third-order valence-electron chi connectivity index (χ3n) is 0. The van der Waals surface area contributed by atoms with E-state index in [-0.39, 0.29) is 49.6 Å². The van der Waals surface area contributed by atoms with E-state index in [0.717, 1.165) is 0 Å². The number of rotatable bonds is 0. The van der Waals surface area contributed by atoms with Gasteiger partial charge < -0.3 is 50.1 Å². The molecule has 12 heavy (non-hydrogen) atoms. The molecule has 0 saturated carbocycles. The Labute approximate surface area is 75.1 Å². The smallest absolute Gasteiger partial charge is 0.418 e. The van der Waals surface area contributed by atoms with Gasteiger partial charge in [0.2, 0.25) is 0 Å². The predicted octanol–water partition coefficient (Wildman–Crippen LogP) is -3.65. The number of halogens is 4. The van der Waals surface area contributed by atoms with Gasteiger partial charge >= 0.3 is 7.25 Å². The van der Waals surface area contributed by atoms with E-state index < -0.39 is 7.25 Å². The topological polar surface area (TPSA) is 189 Å². The van der Waals surface area contributed by atoms with E-state index in [1.807, 2.05) is 0 Å². The molecule has 0 fully saturated rings. The summed E-state index contributed by atoms with van der Waals surface area (Å²) in [6.45, 7) is 0. The van der Waals surface area contributed by atoms with Crippen molar-refractivity contribution >= 4 is 7.25 Å². The van der Waals surface area contributed by atoms with Crippen LogP contribution in [0.5, 0.6) is 0 Å². The minimum absolute atomic E-state index is 0. The van der Waals surface area contributed by atoms with E-state index in [9.17, 15) is 17.3 Å². The molecule has 0 unspecified atom stereocenters. The van der Waals surface area contributed by atoms with Gasteiger partial charge in [0, 0.05) is 16.8 Å². The fraction of sp³-hybridized carbons (Fsp3) is 0. The summed E-state index contributed by atoms with van der Waals surface area (Å²) in [4.78, 5) is 0. The van der Waals surface area contributed by atoms with Crippen LogP contribution >= 0.6 is 0 Å². The maximum absolute atomic E-state index is 9.75. The van der Waals surface area contributed by atoms with Crippen LogP contribution in [0.25, 0.3) is 0 Å². The molecule has 0 saturated heterocycles. The Hall–Kier alpha value is 0.0514. The summed E-state index contributed by atoms with van der Waals surface area (Å²) in [6, 6.07) is 0. The summed E-state index contributed by atoms with van der Waals surface area (Å²) in [5.74, 6) is 0. The maximum atomic E-state index is 9.75.